The van der Waals surface area contributed by atoms with Gasteiger partial charge in [-0.25, -0.2) is 4.79 Å². The summed E-state index contributed by atoms with van der Waals surface area (Å²) in [7, 11) is 0. The molecule has 2 aromatic rings. The lowest BCUT2D eigenvalue weighted by Crippen LogP contribution is -2.56. The van der Waals surface area contributed by atoms with E-state index in [0.29, 0.717) is 19.5 Å². The molecule has 2 amide bonds. The van der Waals surface area contributed by atoms with Crippen molar-refractivity contribution in [1.29, 1.82) is 0 Å². The molecule has 33 heavy (non-hydrogen) atoms. The Morgan fingerprint density at radius 2 is 1.79 bits per heavy atom. The second-order valence-corrected chi connectivity index (χ2v) is 9.79. The second-order valence-electron chi connectivity index (χ2n) is 9.79. The van der Waals surface area contributed by atoms with Crippen LogP contribution in [-0.2, 0) is 28.9 Å². The number of phenolic OH excluding ortho intramolecular Hbond substituents is 1. The van der Waals surface area contributed by atoms with Crippen molar-refractivity contribution in [3.63, 3.8) is 0 Å². The zero-order valence-corrected chi connectivity index (χ0v) is 20.1. The summed E-state index contributed by atoms with van der Waals surface area (Å²) in [4.78, 5) is 28.2. The SMILES string of the molecule is Cc1cc(O)cc(C)c1C[C@H](NC(=O)OC(C)(C)C)C(=O)N1Cc2ccccc2C[C@H]1CN. The van der Waals surface area contributed by atoms with Gasteiger partial charge in [-0.1, -0.05) is 24.3 Å². The lowest BCUT2D eigenvalue weighted by atomic mass is 9.91. The van der Waals surface area contributed by atoms with Crippen LogP contribution >= 0.6 is 0 Å². The predicted octanol–water partition coefficient (Wildman–Crippen LogP) is 3.36. The van der Waals surface area contributed by atoms with Crippen LogP contribution in [0.2, 0.25) is 0 Å². The number of hydrogen-bond acceptors (Lipinski definition) is 5. The fourth-order valence-electron chi connectivity index (χ4n) is 4.40. The molecule has 7 nitrogen and oxygen atoms in total. The van der Waals surface area contributed by atoms with Crippen LogP contribution in [0.25, 0.3) is 0 Å². The van der Waals surface area contributed by atoms with Crippen LogP contribution in [0.4, 0.5) is 4.79 Å². The van der Waals surface area contributed by atoms with E-state index >= 15 is 0 Å². The van der Waals surface area contributed by atoms with Crippen LogP contribution in [-0.4, -0.2) is 46.2 Å². The van der Waals surface area contributed by atoms with Crippen molar-refractivity contribution in [2.24, 2.45) is 5.73 Å². The summed E-state index contributed by atoms with van der Waals surface area (Å²) in [6, 6.07) is 10.4. The Kier molecular flexibility index (Phi) is 7.32. The summed E-state index contributed by atoms with van der Waals surface area (Å²) in [5, 5.41) is 12.7. The van der Waals surface area contributed by atoms with Crippen molar-refractivity contribution in [2.75, 3.05) is 6.54 Å². The number of benzene rings is 2. The molecule has 0 aromatic heterocycles. The quantitative estimate of drug-likeness (QED) is 0.644. The highest BCUT2D eigenvalue weighted by molar-refractivity contribution is 5.86. The fourth-order valence-corrected chi connectivity index (χ4v) is 4.40. The molecule has 0 aliphatic carbocycles. The minimum absolute atomic E-state index is 0.155. The van der Waals surface area contributed by atoms with Gasteiger partial charge in [0.2, 0.25) is 5.91 Å². The van der Waals surface area contributed by atoms with Gasteiger partial charge in [-0.05, 0) is 81.0 Å². The number of carbonyl (C=O) groups excluding carboxylic acids is 2. The lowest BCUT2D eigenvalue weighted by Gasteiger charge is -2.38. The van der Waals surface area contributed by atoms with E-state index in [0.717, 1.165) is 22.3 Å². The number of nitrogens with two attached hydrogens (primary N) is 1. The number of amides is 2. The van der Waals surface area contributed by atoms with E-state index < -0.39 is 17.7 Å². The number of ether oxygens (including phenoxy) is 1. The van der Waals surface area contributed by atoms with Crippen molar-refractivity contribution in [3.8, 4) is 5.75 Å². The van der Waals surface area contributed by atoms with Crippen LogP contribution in [0.5, 0.6) is 5.75 Å². The average Bonchev–Trinajstić information content (AvgIpc) is 2.72. The highest BCUT2D eigenvalue weighted by Gasteiger charge is 2.35. The van der Waals surface area contributed by atoms with E-state index in [9.17, 15) is 14.7 Å². The van der Waals surface area contributed by atoms with Gasteiger partial charge in [0.05, 0.1) is 0 Å². The molecule has 1 heterocycles. The van der Waals surface area contributed by atoms with Crippen LogP contribution in [0, 0.1) is 13.8 Å². The Hall–Kier alpha value is -3.06. The summed E-state index contributed by atoms with van der Waals surface area (Å²) >= 11 is 0. The minimum Gasteiger partial charge on any atom is -0.508 e. The number of carbonyl (C=O) groups is 2. The normalized spacial score (nSPS) is 16.7. The second kappa shape index (κ2) is 9.83. The largest absolute Gasteiger partial charge is 0.508 e. The van der Waals surface area contributed by atoms with Gasteiger partial charge in [-0.15, -0.1) is 0 Å². The summed E-state index contributed by atoms with van der Waals surface area (Å²) in [6.45, 7) is 9.89. The summed E-state index contributed by atoms with van der Waals surface area (Å²) in [5.41, 5.74) is 10.3. The molecule has 0 bridgehead atoms. The monoisotopic (exact) mass is 453 g/mol. The Morgan fingerprint density at radius 3 is 2.36 bits per heavy atom. The van der Waals surface area contributed by atoms with Crippen molar-refractivity contribution in [1.82, 2.24) is 10.2 Å². The van der Waals surface area contributed by atoms with Crippen LogP contribution in [0.15, 0.2) is 36.4 Å². The summed E-state index contributed by atoms with van der Waals surface area (Å²) < 4.78 is 5.45. The van der Waals surface area contributed by atoms with Crippen molar-refractivity contribution >= 4 is 12.0 Å². The maximum atomic E-state index is 13.8. The van der Waals surface area contributed by atoms with Crippen LogP contribution < -0.4 is 11.1 Å². The van der Waals surface area contributed by atoms with Gasteiger partial charge >= 0.3 is 6.09 Å². The van der Waals surface area contributed by atoms with Crippen molar-refractivity contribution in [2.45, 2.75) is 71.7 Å². The number of alkyl carbamates (subject to hydrolysis) is 1. The fraction of sp³-hybridized carbons (Fsp3) is 0.462. The molecule has 0 radical (unpaired) electrons. The van der Waals surface area contributed by atoms with E-state index in [1.54, 1.807) is 37.8 Å². The first kappa shape index (κ1) is 24.6. The van der Waals surface area contributed by atoms with Gasteiger partial charge in [-0.3, -0.25) is 4.79 Å². The first-order chi connectivity index (χ1) is 15.5. The Morgan fingerprint density at radius 1 is 1.18 bits per heavy atom. The van der Waals surface area contributed by atoms with E-state index in [4.69, 9.17) is 10.5 Å². The molecule has 4 N–H and O–H groups in total. The topological polar surface area (TPSA) is 105 Å². The average molecular weight is 454 g/mol. The number of hydrogen-bond donors (Lipinski definition) is 3. The van der Waals surface area contributed by atoms with E-state index in [1.807, 2.05) is 32.0 Å². The van der Waals surface area contributed by atoms with E-state index in [2.05, 4.69) is 11.4 Å². The molecule has 178 valence electrons. The minimum atomic E-state index is -0.832. The third-order valence-electron chi connectivity index (χ3n) is 5.99. The van der Waals surface area contributed by atoms with Crippen LogP contribution in [0.3, 0.4) is 0 Å². The number of aryl methyl sites for hydroxylation is 2. The maximum absolute atomic E-state index is 13.8. The van der Waals surface area contributed by atoms with E-state index in [-0.39, 0.29) is 24.1 Å². The summed E-state index contributed by atoms with van der Waals surface area (Å²) in [5.74, 6) is -0.0229. The standard InChI is InChI=1S/C26H35N3O4/c1-16-10-21(30)11-17(2)22(16)13-23(28-25(32)33-26(3,4)5)24(31)29-15-19-9-7-6-8-18(19)12-20(29)14-27/h6-11,20,23,30H,12-15,27H2,1-5H3,(H,28,32)/t20-,23-/m0/s1. The van der Waals surface area contributed by atoms with Gasteiger partial charge in [0.1, 0.15) is 17.4 Å². The maximum Gasteiger partial charge on any atom is 0.408 e. The predicted molar refractivity (Wildman–Crippen MR) is 128 cm³/mol. The molecular weight excluding hydrogens is 418 g/mol. The number of nitrogens with one attached hydrogen (secondary N) is 1. The molecule has 0 saturated carbocycles. The third kappa shape index (κ3) is 6.05. The number of phenols is 1. The highest BCUT2D eigenvalue weighted by Crippen LogP contribution is 2.26. The van der Waals surface area contributed by atoms with E-state index in [1.165, 1.54) is 5.56 Å². The third-order valence-corrected chi connectivity index (χ3v) is 5.99. The molecule has 0 saturated heterocycles. The Labute approximate surface area is 195 Å². The summed E-state index contributed by atoms with van der Waals surface area (Å²) in [6.07, 6.45) is 0.317. The first-order valence-corrected chi connectivity index (χ1v) is 11.3. The molecule has 0 fully saturated rings. The molecule has 0 unspecified atom stereocenters. The molecule has 7 heteroatoms. The number of nitrogens with zero attached hydrogens (tertiary/aromatic N) is 1. The number of fused-ring (bicyclic) bond motifs is 1. The van der Waals surface area contributed by atoms with Gasteiger partial charge in [0.25, 0.3) is 0 Å². The molecule has 3 rings (SSSR count). The number of aromatic hydroxyl groups is 1. The first-order valence-electron chi connectivity index (χ1n) is 11.3. The van der Waals surface area contributed by atoms with Crippen molar-refractivity contribution < 1.29 is 19.4 Å². The molecule has 1 aliphatic heterocycles. The van der Waals surface area contributed by atoms with Gasteiger partial charge in [0, 0.05) is 25.6 Å². The van der Waals surface area contributed by atoms with Crippen molar-refractivity contribution in [3.05, 3.63) is 64.2 Å². The molecular formula is C26H35N3O4. The smallest absolute Gasteiger partial charge is 0.408 e. The zero-order valence-electron chi connectivity index (χ0n) is 20.1. The zero-order chi connectivity index (χ0) is 24.3. The Bertz CT molecular complexity index is 1010. The van der Waals surface area contributed by atoms with Crippen LogP contribution in [0.1, 0.15) is 48.6 Å². The molecule has 1 aliphatic rings. The van der Waals surface area contributed by atoms with Gasteiger partial charge < -0.3 is 25.8 Å². The molecule has 0 spiro atoms. The molecule has 2 aromatic carbocycles. The molecule has 2 atom stereocenters. The Balaban J connectivity index is 1.92. The highest BCUT2D eigenvalue weighted by atomic mass is 16.6. The number of rotatable bonds is 5. The lowest BCUT2D eigenvalue weighted by molar-refractivity contribution is -0.136. The van der Waals surface area contributed by atoms with Gasteiger partial charge in [0.15, 0.2) is 0 Å². The van der Waals surface area contributed by atoms with Gasteiger partial charge in [-0.2, -0.15) is 0 Å².